The van der Waals surface area contributed by atoms with Crippen LogP contribution in [0.4, 0.5) is 11.5 Å². The first-order valence-corrected chi connectivity index (χ1v) is 9.72. The zero-order valence-corrected chi connectivity index (χ0v) is 17.1. The molecule has 6 heteroatoms. The molecule has 0 amide bonds. The standard InChI is InChI=1S/C22H21N3O2S/c1-13-5-7-15(8-6-13)19-14(2)28-22-20(19)21(23-12-24-22)25-16-9-10-17(26-3)18(11-16)27-4/h5-12H,1-4H3,(H,23,24,25). The molecule has 0 saturated carbocycles. The lowest BCUT2D eigenvalue weighted by Crippen LogP contribution is -1.97. The molecular weight excluding hydrogens is 370 g/mol. The highest BCUT2D eigenvalue weighted by Crippen LogP contribution is 2.41. The van der Waals surface area contributed by atoms with E-state index >= 15 is 0 Å². The second-order valence-corrected chi connectivity index (χ2v) is 7.70. The van der Waals surface area contributed by atoms with Gasteiger partial charge in [-0.3, -0.25) is 0 Å². The van der Waals surface area contributed by atoms with Crippen molar-refractivity contribution >= 4 is 33.1 Å². The predicted molar refractivity (Wildman–Crippen MR) is 115 cm³/mol. The molecule has 4 aromatic rings. The Morgan fingerprint density at radius 1 is 0.893 bits per heavy atom. The molecule has 0 radical (unpaired) electrons. The van der Waals surface area contributed by atoms with Crippen LogP contribution in [0, 0.1) is 13.8 Å². The van der Waals surface area contributed by atoms with E-state index in [1.54, 1.807) is 31.9 Å². The summed E-state index contributed by atoms with van der Waals surface area (Å²) in [5, 5.41) is 4.46. The van der Waals surface area contributed by atoms with Crippen molar-refractivity contribution in [3.63, 3.8) is 0 Å². The zero-order valence-electron chi connectivity index (χ0n) is 16.2. The molecule has 28 heavy (non-hydrogen) atoms. The molecule has 5 nitrogen and oxygen atoms in total. The van der Waals surface area contributed by atoms with E-state index in [4.69, 9.17) is 9.47 Å². The van der Waals surface area contributed by atoms with Gasteiger partial charge in [-0.2, -0.15) is 0 Å². The highest BCUT2D eigenvalue weighted by Gasteiger charge is 2.17. The summed E-state index contributed by atoms with van der Waals surface area (Å²) in [6.07, 6.45) is 1.60. The highest BCUT2D eigenvalue weighted by molar-refractivity contribution is 7.19. The molecular formula is C22H21N3O2S. The van der Waals surface area contributed by atoms with Gasteiger partial charge >= 0.3 is 0 Å². The number of rotatable bonds is 5. The lowest BCUT2D eigenvalue weighted by molar-refractivity contribution is 0.355. The summed E-state index contributed by atoms with van der Waals surface area (Å²) in [6.45, 7) is 4.22. The van der Waals surface area contributed by atoms with Crippen LogP contribution in [-0.4, -0.2) is 24.2 Å². The molecule has 0 spiro atoms. The monoisotopic (exact) mass is 391 g/mol. The number of thiophene rings is 1. The first kappa shape index (κ1) is 18.3. The average molecular weight is 391 g/mol. The molecule has 0 saturated heterocycles. The topological polar surface area (TPSA) is 56.3 Å². The number of anilines is 2. The maximum atomic E-state index is 5.41. The number of aromatic nitrogens is 2. The zero-order chi connectivity index (χ0) is 19.7. The molecule has 2 aromatic carbocycles. The van der Waals surface area contributed by atoms with E-state index < -0.39 is 0 Å². The number of fused-ring (bicyclic) bond motifs is 1. The van der Waals surface area contributed by atoms with Gasteiger partial charge in [0, 0.05) is 22.2 Å². The third-order valence-electron chi connectivity index (χ3n) is 4.65. The summed E-state index contributed by atoms with van der Waals surface area (Å²) < 4.78 is 10.7. The van der Waals surface area contributed by atoms with Gasteiger partial charge in [-0.05, 0) is 31.5 Å². The molecule has 4 rings (SSSR count). The van der Waals surface area contributed by atoms with Crippen molar-refractivity contribution in [3.05, 3.63) is 59.2 Å². The summed E-state index contributed by atoms with van der Waals surface area (Å²) in [7, 11) is 3.25. The predicted octanol–water partition coefficient (Wildman–Crippen LogP) is 5.74. The molecule has 2 aromatic heterocycles. The van der Waals surface area contributed by atoms with Crippen molar-refractivity contribution in [2.45, 2.75) is 13.8 Å². The number of hydrogen-bond donors (Lipinski definition) is 1. The van der Waals surface area contributed by atoms with Gasteiger partial charge in [0.25, 0.3) is 0 Å². The molecule has 0 aliphatic carbocycles. The number of nitrogens with one attached hydrogen (secondary N) is 1. The minimum atomic E-state index is 0.665. The fourth-order valence-electron chi connectivity index (χ4n) is 3.26. The van der Waals surface area contributed by atoms with E-state index in [0.717, 1.165) is 21.7 Å². The van der Waals surface area contributed by atoms with Crippen LogP contribution in [0.15, 0.2) is 48.8 Å². The lowest BCUT2D eigenvalue weighted by atomic mass is 10.0. The Labute approximate surface area is 168 Å². The van der Waals surface area contributed by atoms with Crippen LogP contribution in [-0.2, 0) is 0 Å². The Morgan fingerprint density at radius 3 is 2.36 bits per heavy atom. The number of hydrogen-bond acceptors (Lipinski definition) is 6. The molecule has 2 heterocycles. The van der Waals surface area contributed by atoms with Crippen molar-refractivity contribution in [3.8, 4) is 22.6 Å². The molecule has 0 bridgehead atoms. The van der Waals surface area contributed by atoms with E-state index in [1.165, 1.54) is 21.6 Å². The molecule has 1 N–H and O–H groups in total. The van der Waals surface area contributed by atoms with E-state index in [1.807, 2.05) is 18.2 Å². The van der Waals surface area contributed by atoms with Crippen LogP contribution in [0.25, 0.3) is 21.3 Å². The van der Waals surface area contributed by atoms with Gasteiger partial charge in [0.15, 0.2) is 11.5 Å². The largest absolute Gasteiger partial charge is 0.493 e. The van der Waals surface area contributed by atoms with Crippen molar-refractivity contribution in [1.82, 2.24) is 9.97 Å². The SMILES string of the molecule is COc1ccc(Nc2ncnc3sc(C)c(-c4ccc(C)cc4)c23)cc1OC. The lowest BCUT2D eigenvalue weighted by Gasteiger charge is -2.12. The van der Waals surface area contributed by atoms with Crippen molar-refractivity contribution in [2.75, 3.05) is 19.5 Å². The molecule has 0 atom stereocenters. The van der Waals surface area contributed by atoms with Crippen LogP contribution in [0.3, 0.4) is 0 Å². The number of methoxy groups -OCH3 is 2. The summed E-state index contributed by atoms with van der Waals surface area (Å²) in [5.41, 5.74) is 4.44. The first-order valence-electron chi connectivity index (χ1n) is 8.91. The third kappa shape index (κ3) is 3.27. The van der Waals surface area contributed by atoms with Crippen molar-refractivity contribution in [2.24, 2.45) is 0 Å². The summed E-state index contributed by atoms with van der Waals surface area (Å²) in [5.74, 6) is 2.13. The van der Waals surface area contributed by atoms with Crippen LogP contribution >= 0.6 is 11.3 Å². The molecule has 0 aliphatic heterocycles. The second kappa shape index (κ2) is 7.48. The van der Waals surface area contributed by atoms with Gasteiger partial charge < -0.3 is 14.8 Å². The van der Waals surface area contributed by atoms with Gasteiger partial charge in [0.05, 0.1) is 19.6 Å². The summed E-state index contributed by atoms with van der Waals surface area (Å²) in [4.78, 5) is 11.2. The van der Waals surface area contributed by atoms with Crippen molar-refractivity contribution < 1.29 is 9.47 Å². The number of aryl methyl sites for hydroxylation is 2. The molecule has 0 unspecified atom stereocenters. The van der Waals surface area contributed by atoms with Crippen LogP contribution in [0.5, 0.6) is 11.5 Å². The fourth-order valence-corrected chi connectivity index (χ4v) is 4.27. The summed E-state index contributed by atoms with van der Waals surface area (Å²) >= 11 is 1.68. The number of nitrogens with zero attached hydrogens (tertiary/aromatic N) is 2. The Morgan fingerprint density at radius 2 is 1.64 bits per heavy atom. The quantitative estimate of drug-likeness (QED) is 0.470. The smallest absolute Gasteiger partial charge is 0.162 e. The Kier molecular flexibility index (Phi) is 4.88. The van der Waals surface area contributed by atoms with E-state index in [2.05, 4.69) is 53.4 Å². The number of ether oxygens (including phenoxy) is 2. The van der Waals surface area contributed by atoms with Gasteiger partial charge in [-0.25, -0.2) is 9.97 Å². The van der Waals surface area contributed by atoms with Crippen LogP contribution in [0.1, 0.15) is 10.4 Å². The number of benzene rings is 2. The average Bonchev–Trinajstić information content (AvgIpc) is 3.05. The van der Waals surface area contributed by atoms with E-state index in [9.17, 15) is 0 Å². The molecule has 142 valence electrons. The minimum Gasteiger partial charge on any atom is -0.493 e. The summed E-state index contributed by atoms with van der Waals surface area (Å²) in [6, 6.07) is 14.3. The van der Waals surface area contributed by atoms with Crippen molar-refractivity contribution in [1.29, 1.82) is 0 Å². The normalized spacial score (nSPS) is 10.9. The Hall–Kier alpha value is -3.12. The molecule has 0 aliphatic rings. The third-order valence-corrected chi connectivity index (χ3v) is 5.66. The van der Waals surface area contributed by atoms with E-state index in [0.29, 0.717) is 11.5 Å². The van der Waals surface area contributed by atoms with Crippen LogP contribution in [0.2, 0.25) is 0 Å². The Bertz CT molecular complexity index is 1140. The Balaban J connectivity index is 1.83. The molecule has 0 fully saturated rings. The minimum absolute atomic E-state index is 0.665. The van der Waals surface area contributed by atoms with Gasteiger partial charge in [0.2, 0.25) is 0 Å². The van der Waals surface area contributed by atoms with Gasteiger partial charge in [0.1, 0.15) is 17.0 Å². The first-order chi connectivity index (χ1) is 13.6. The van der Waals surface area contributed by atoms with Gasteiger partial charge in [-0.1, -0.05) is 29.8 Å². The van der Waals surface area contributed by atoms with E-state index in [-0.39, 0.29) is 0 Å². The maximum absolute atomic E-state index is 5.41. The highest BCUT2D eigenvalue weighted by atomic mass is 32.1. The van der Waals surface area contributed by atoms with Gasteiger partial charge in [-0.15, -0.1) is 11.3 Å². The maximum Gasteiger partial charge on any atom is 0.162 e. The second-order valence-electron chi connectivity index (χ2n) is 6.50. The van der Waals surface area contributed by atoms with Crippen LogP contribution < -0.4 is 14.8 Å². The fraction of sp³-hybridized carbons (Fsp3) is 0.182.